The number of methoxy groups -OCH3 is 1. The molecule has 0 saturated carbocycles. The average molecular weight is 295 g/mol. The molecule has 0 aliphatic carbocycles. The molecule has 0 spiro atoms. The molecule has 0 fully saturated rings. The molecule has 0 aliphatic rings. The van der Waals surface area contributed by atoms with Crippen molar-refractivity contribution >= 4 is 5.97 Å². The van der Waals surface area contributed by atoms with Gasteiger partial charge in [0, 0.05) is 0 Å². The molecule has 118 valence electrons. The first-order chi connectivity index (χ1) is 9.96. The highest BCUT2D eigenvalue weighted by Gasteiger charge is 2.30. The largest absolute Gasteiger partial charge is 0.493 e. The van der Waals surface area contributed by atoms with E-state index in [2.05, 4.69) is 12.2 Å². The normalized spacial score (nSPS) is 13.5. The predicted octanol–water partition coefficient (Wildman–Crippen LogP) is 2.48. The standard InChI is InChI=1S/C16H25NO4/c1-5-12-7-8-13(14(11-12)20-4)21-10-6-9-16(2,17-3)15(18)19/h7-8,11,17H,5-6,9-10H2,1-4H3,(H,18,19). The zero-order valence-corrected chi connectivity index (χ0v) is 13.2. The Kier molecular flexibility index (Phi) is 6.49. The fourth-order valence-corrected chi connectivity index (χ4v) is 2.00. The lowest BCUT2D eigenvalue weighted by atomic mass is 9.96. The fourth-order valence-electron chi connectivity index (χ4n) is 2.00. The summed E-state index contributed by atoms with van der Waals surface area (Å²) in [5.41, 5.74) is 0.271. The van der Waals surface area contributed by atoms with Gasteiger partial charge < -0.3 is 19.9 Å². The van der Waals surface area contributed by atoms with Crippen LogP contribution in [0.25, 0.3) is 0 Å². The number of rotatable bonds is 9. The van der Waals surface area contributed by atoms with Crippen molar-refractivity contribution < 1.29 is 19.4 Å². The highest BCUT2D eigenvalue weighted by molar-refractivity contribution is 5.78. The molecule has 5 heteroatoms. The van der Waals surface area contributed by atoms with Crippen LogP contribution in [0.2, 0.25) is 0 Å². The van der Waals surface area contributed by atoms with Crippen molar-refractivity contribution in [1.82, 2.24) is 5.32 Å². The summed E-state index contributed by atoms with van der Waals surface area (Å²) in [7, 11) is 3.27. The number of carbonyl (C=O) groups is 1. The van der Waals surface area contributed by atoms with Crippen LogP contribution in [0.1, 0.15) is 32.3 Å². The summed E-state index contributed by atoms with van der Waals surface area (Å²) in [6.45, 7) is 4.21. The Morgan fingerprint density at radius 1 is 1.38 bits per heavy atom. The second-order valence-corrected chi connectivity index (χ2v) is 5.18. The minimum atomic E-state index is -0.917. The molecule has 1 aromatic carbocycles. The van der Waals surface area contributed by atoms with Gasteiger partial charge in [0.2, 0.25) is 0 Å². The number of hydrogen-bond acceptors (Lipinski definition) is 4. The first-order valence-electron chi connectivity index (χ1n) is 7.19. The van der Waals surface area contributed by atoms with Crippen LogP contribution in [-0.2, 0) is 11.2 Å². The van der Waals surface area contributed by atoms with E-state index >= 15 is 0 Å². The van der Waals surface area contributed by atoms with E-state index in [4.69, 9.17) is 14.6 Å². The van der Waals surface area contributed by atoms with Gasteiger partial charge in [0.25, 0.3) is 0 Å². The minimum Gasteiger partial charge on any atom is -0.493 e. The number of benzene rings is 1. The van der Waals surface area contributed by atoms with Crippen LogP contribution in [0, 0.1) is 0 Å². The summed E-state index contributed by atoms with van der Waals surface area (Å²) in [4.78, 5) is 11.2. The van der Waals surface area contributed by atoms with Gasteiger partial charge in [0.1, 0.15) is 5.54 Å². The highest BCUT2D eigenvalue weighted by Crippen LogP contribution is 2.28. The van der Waals surface area contributed by atoms with Crippen LogP contribution >= 0.6 is 0 Å². The van der Waals surface area contributed by atoms with Gasteiger partial charge in [-0.15, -0.1) is 0 Å². The van der Waals surface area contributed by atoms with Crippen molar-refractivity contribution in [3.8, 4) is 11.5 Å². The Bertz CT molecular complexity index is 475. The highest BCUT2D eigenvalue weighted by atomic mass is 16.5. The van der Waals surface area contributed by atoms with Crippen molar-refractivity contribution in [2.24, 2.45) is 0 Å². The monoisotopic (exact) mass is 295 g/mol. The Morgan fingerprint density at radius 3 is 2.62 bits per heavy atom. The van der Waals surface area contributed by atoms with E-state index in [0.717, 1.165) is 6.42 Å². The molecule has 0 aliphatic heterocycles. The van der Waals surface area contributed by atoms with Crippen LogP contribution in [0.4, 0.5) is 0 Å². The average Bonchev–Trinajstić information content (AvgIpc) is 2.50. The molecular formula is C16H25NO4. The van der Waals surface area contributed by atoms with Crippen LogP contribution in [0.5, 0.6) is 11.5 Å². The topological polar surface area (TPSA) is 67.8 Å². The number of likely N-dealkylation sites (N-methyl/N-ethyl adjacent to an activating group) is 1. The second kappa shape index (κ2) is 7.88. The van der Waals surface area contributed by atoms with Gasteiger partial charge >= 0.3 is 5.97 Å². The minimum absolute atomic E-state index is 0.451. The summed E-state index contributed by atoms with van der Waals surface area (Å²) in [6, 6.07) is 5.86. The molecule has 0 heterocycles. The lowest BCUT2D eigenvalue weighted by molar-refractivity contribution is -0.144. The second-order valence-electron chi connectivity index (χ2n) is 5.18. The van der Waals surface area contributed by atoms with Gasteiger partial charge in [0.05, 0.1) is 13.7 Å². The number of ether oxygens (including phenoxy) is 2. The summed E-state index contributed by atoms with van der Waals surface area (Å²) in [5.74, 6) is 0.551. The van der Waals surface area contributed by atoms with E-state index in [9.17, 15) is 4.79 Å². The molecule has 0 saturated heterocycles. The van der Waals surface area contributed by atoms with Gasteiger partial charge in [-0.25, -0.2) is 0 Å². The summed E-state index contributed by atoms with van der Waals surface area (Å²) >= 11 is 0. The molecule has 0 aromatic heterocycles. The molecular weight excluding hydrogens is 270 g/mol. The number of carboxylic acids is 1. The van der Waals surface area contributed by atoms with Crippen LogP contribution < -0.4 is 14.8 Å². The number of nitrogens with one attached hydrogen (secondary N) is 1. The number of aryl methyl sites for hydroxylation is 1. The summed E-state index contributed by atoms with van der Waals surface area (Å²) in [6.07, 6.45) is 2.08. The van der Waals surface area contributed by atoms with Crippen molar-refractivity contribution in [3.63, 3.8) is 0 Å². The van der Waals surface area contributed by atoms with Gasteiger partial charge in [-0.1, -0.05) is 13.0 Å². The van der Waals surface area contributed by atoms with E-state index in [1.807, 2.05) is 18.2 Å². The first-order valence-corrected chi connectivity index (χ1v) is 7.19. The zero-order chi connectivity index (χ0) is 15.9. The number of aliphatic carboxylic acids is 1. The molecule has 0 bridgehead atoms. The van der Waals surface area contributed by atoms with E-state index in [0.29, 0.717) is 30.9 Å². The maximum absolute atomic E-state index is 11.2. The maximum Gasteiger partial charge on any atom is 0.323 e. The third-order valence-corrected chi connectivity index (χ3v) is 3.74. The van der Waals surface area contributed by atoms with E-state index in [-0.39, 0.29) is 0 Å². The van der Waals surface area contributed by atoms with Crippen molar-refractivity contribution in [1.29, 1.82) is 0 Å². The SMILES string of the molecule is CCc1ccc(OCCCC(C)(NC)C(=O)O)c(OC)c1. The Balaban J connectivity index is 2.55. The van der Waals surface area contributed by atoms with E-state index in [1.54, 1.807) is 21.1 Å². The molecule has 0 amide bonds. The van der Waals surface area contributed by atoms with Crippen LogP contribution in [0.3, 0.4) is 0 Å². The fraction of sp³-hybridized carbons (Fsp3) is 0.562. The molecule has 21 heavy (non-hydrogen) atoms. The molecule has 5 nitrogen and oxygen atoms in total. The predicted molar refractivity (Wildman–Crippen MR) is 82.2 cm³/mol. The number of carboxylic acid groups (broad SMARTS) is 1. The Labute approximate surface area is 126 Å². The quantitative estimate of drug-likeness (QED) is 0.685. The Morgan fingerprint density at radius 2 is 2.10 bits per heavy atom. The lowest BCUT2D eigenvalue weighted by Crippen LogP contribution is -2.47. The molecule has 1 aromatic rings. The molecule has 1 unspecified atom stereocenters. The third kappa shape index (κ3) is 4.63. The van der Waals surface area contributed by atoms with Gasteiger partial charge in [-0.3, -0.25) is 4.79 Å². The maximum atomic E-state index is 11.2. The smallest absolute Gasteiger partial charge is 0.323 e. The summed E-state index contributed by atoms with van der Waals surface area (Å²) < 4.78 is 11.0. The summed E-state index contributed by atoms with van der Waals surface area (Å²) in [5, 5.41) is 12.0. The lowest BCUT2D eigenvalue weighted by Gasteiger charge is -2.24. The number of hydrogen-bond donors (Lipinski definition) is 2. The third-order valence-electron chi connectivity index (χ3n) is 3.74. The van der Waals surface area contributed by atoms with Crippen LogP contribution in [0.15, 0.2) is 18.2 Å². The van der Waals surface area contributed by atoms with Crippen LogP contribution in [-0.4, -0.2) is 37.4 Å². The van der Waals surface area contributed by atoms with Gasteiger partial charge in [0.15, 0.2) is 11.5 Å². The van der Waals surface area contributed by atoms with E-state index in [1.165, 1.54) is 5.56 Å². The van der Waals surface area contributed by atoms with E-state index < -0.39 is 11.5 Å². The van der Waals surface area contributed by atoms with Crippen molar-refractivity contribution in [2.75, 3.05) is 20.8 Å². The van der Waals surface area contributed by atoms with Crippen molar-refractivity contribution in [2.45, 2.75) is 38.6 Å². The molecule has 2 N–H and O–H groups in total. The molecule has 0 radical (unpaired) electrons. The van der Waals surface area contributed by atoms with Gasteiger partial charge in [-0.05, 0) is 50.9 Å². The Hall–Kier alpha value is -1.75. The molecule has 1 rings (SSSR count). The first kappa shape index (κ1) is 17.3. The zero-order valence-electron chi connectivity index (χ0n) is 13.2. The molecule has 1 atom stereocenters. The van der Waals surface area contributed by atoms with Crippen molar-refractivity contribution in [3.05, 3.63) is 23.8 Å². The van der Waals surface area contributed by atoms with Gasteiger partial charge in [-0.2, -0.15) is 0 Å².